The van der Waals surface area contributed by atoms with Crippen molar-refractivity contribution in [3.8, 4) is 0 Å². The average molecular weight is 408 g/mol. The van der Waals surface area contributed by atoms with E-state index < -0.39 is 17.9 Å². The number of methoxy groups -OCH3 is 1. The zero-order valence-corrected chi connectivity index (χ0v) is 17.1. The van der Waals surface area contributed by atoms with Gasteiger partial charge in [0.25, 0.3) is 5.91 Å². The van der Waals surface area contributed by atoms with Gasteiger partial charge in [-0.15, -0.1) is 0 Å². The predicted octanol–water partition coefficient (Wildman–Crippen LogP) is 5.08. The quantitative estimate of drug-likeness (QED) is 0.579. The van der Waals surface area contributed by atoms with Crippen molar-refractivity contribution >= 4 is 11.9 Å². The molecule has 1 unspecified atom stereocenters. The van der Waals surface area contributed by atoms with E-state index in [2.05, 4.69) is 38.2 Å². The van der Waals surface area contributed by atoms with Gasteiger partial charge in [0.15, 0.2) is 11.8 Å². The monoisotopic (exact) mass is 407 g/mol. The van der Waals surface area contributed by atoms with E-state index in [0.29, 0.717) is 17.7 Å². The molecular weight excluding hydrogens is 378 g/mol. The number of nitrogens with one attached hydrogen (secondary N) is 1. The standard InChI is InChI=1S/C24H25NO4.CH4/c1-15-12-16(2)20(17(3)13-15)14-19-10-11-21(29-19)23(26)25-22(24(27)28-4)18-8-6-5-7-9-18;/h5-13,22H,14H2,1-4H3,(H,25,26);1H4. The molecule has 0 saturated heterocycles. The minimum atomic E-state index is -0.899. The molecule has 0 saturated carbocycles. The van der Waals surface area contributed by atoms with Crippen LogP contribution in [0.3, 0.4) is 0 Å². The van der Waals surface area contributed by atoms with Gasteiger partial charge < -0.3 is 14.5 Å². The maximum absolute atomic E-state index is 12.7. The molecule has 0 aliphatic heterocycles. The van der Waals surface area contributed by atoms with Crippen LogP contribution in [0.15, 0.2) is 59.0 Å². The average Bonchev–Trinajstić information content (AvgIpc) is 3.17. The number of furan rings is 1. The molecule has 158 valence electrons. The molecule has 3 rings (SSSR count). The molecular formula is C25H29NO4. The van der Waals surface area contributed by atoms with E-state index >= 15 is 0 Å². The molecule has 1 amide bonds. The van der Waals surface area contributed by atoms with Crippen LogP contribution >= 0.6 is 0 Å². The number of aryl methyl sites for hydroxylation is 3. The van der Waals surface area contributed by atoms with E-state index in [1.807, 2.05) is 6.07 Å². The number of esters is 1. The minimum absolute atomic E-state index is 0. The molecule has 0 bridgehead atoms. The topological polar surface area (TPSA) is 68.5 Å². The van der Waals surface area contributed by atoms with Gasteiger partial charge in [-0.2, -0.15) is 0 Å². The van der Waals surface area contributed by atoms with Crippen LogP contribution in [-0.4, -0.2) is 19.0 Å². The van der Waals surface area contributed by atoms with E-state index in [1.54, 1.807) is 36.4 Å². The summed E-state index contributed by atoms with van der Waals surface area (Å²) in [5, 5.41) is 2.70. The lowest BCUT2D eigenvalue weighted by molar-refractivity contribution is -0.143. The lowest BCUT2D eigenvalue weighted by atomic mass is 9.97. The molecule has 0 aliphatic rings. The van der Waals surface area contributed by atoms with E-state index in [9.17, 15) is 9.59 Å². The highest BCUT2D eigenvalue weighted by Gasteiger charge is 2.25. The van der Waals surface area contributed by atoms with Gasteiger partial charge in [-0.05, 0) is 55.2 Å². The van der Waals surface area contributed by atoms with E-state index in [0.717, 1.165) is 0 Å². The van der Waals surface area contributed by atoms with Crippen molar-refractivity contribution in [1.82, 2.24) is 5.32 Å². The van der Waals surface area contributed by atoms with Crippen molar-refractivity contribution in [1.29, 1.82) is 0 Å². The van der Waals surface area contributed by atoms with Crippen molar-refractivity contribution in [2.24, 2.45) is 0 Å². The van der Waals surface area contributed by atoms with Crippen molar-refractivity contribution in [2.45, 2.75) is 40.7 Å². The third-order valence-corrected chi connectivity index (χ3v) is 4.92. The van der Waals surface area contributed by atoms with E-state index in [1.165, 1.54) is 29.4 Å². The molecule has 1 atom stereocenters. The molecule has 0 spiro atoms. The highest BCUT2D eigenvalue weighted by Crippen LogP contribution is 2.22. The summed E-state index contributed by atoms with van der Waals surface area (Å²) in [7, 11) is 1.29. The van der Waals surface area contributed by atoms with Crippen LogP contribution in [0.25, 0.3) is 0 Å². The second kappa shape index (κ2) is 9.92. The maximum Gasteiger partial charge on any atom is 0.333 e. The molecule has 30 heavy (non-hydrogen) atoms. The number of rotatable bonds is 6. The number of amides is 1. The molecule has 0 radical (unpaired) electrons. The van der Waals surface area contributed by atoms with Gasteiger partial charge in [0.1, 0.15) is 5.76 Å². The molecule has 0 fully saturated rings. The Kier molecular flexibility index (Phi) is 7.59. The van der Waals surface area contributed by atoms with Crippen LogP contribution in [0.1, 0.15) is 57.6 Å². The molecule has 1 N–H and O–H groups in total. The molecule has 5 heteroatoms. The summed E-state index contributed by atoms with van der Waals surface area (Å²) in [4.78, 5) is 24.8. The lowest BCUT2D eigenvalue weighted by Gasteiger charge is -2.16. The zero-order chi connectivity index (χ0) is 21.0. The first-order chi connectivity index (χ1) is 13.9. The fourth-order valence-corrected chi connectivity index (χ4v) is 3.50. The van der Waals surface area contributed by atoms with Crippen LogP contribution < -0.4 is 5.32 Å². The van der Waals surface area contributed by atoms with Gasteiger partial charge >= 0.3 is 5.97 Å². The van der Waals surface area contributed by atoms with Gasteiger partial charge in [-0.25, -0.2) is 4.79 Å². The van der Waals surface area contributed by atoms with Gasteiger partial charge in [-0.1, -0.05) is 55.5 Å². The Morgan fingerprint density at radius 2 is 1.63 bits per heavy atom. The Bertz CT molecular complexity index is 998. The highest BCUT2D eigenvalue weighted by molar-refractivity contribution is 5.94. The highest BCUT2D eigenvalue weighted by atomic mass is 16.5. The molecule has 2 aromatic carbocycles. The normalized spacial score (nSPS) is 11.3. The number of benzene rings is 2. The summed E-state index contributed by atoms with van der Waals surface area (Å²) in [6.45, 7) is 6.23. The first-order valence-corrected chi connectivity index (χ1v) is 9.48. The maximum atomic E-state index is 12.7. The molecule has 1 aromatic heterocycles. The lowest BCUT2D eigenvalue weighted by Crippen LogP contribution is -2.34. The van der Waals surface area contributed by atoms with Crippen LogP contribution in [0.5, 0.6) is 0 Å². The summed E-state index contributed by atoms with van der Waals surface area (Å²) < 4.78 is 10.6. The number of hydrogen-bond donors (Lipinski definition) is 1. The van der Waals surface area contributed by atoms with E-state index in [4.69, 9.17) is 9.15 Å². The smallest absolute Gasteiger partial charge is 0.333 e. The summed E-state index contributed by atoms with van der Waals surface area (Å²) in [5.41, 5.74) is 5.44. The third kappa shape index (κ3) is 5.17. The Morgan fingerprint density at radius 1 is 1.00 bits per heavy atom. The van der Waals surface area contributed by atoms with Crippen molar-refractivity contribution < 1.29 is 18.7 Å². The van der Waals surface area contributed by atoms with Gasteiger partial charge in [0, 0.05) is 6.42 Å². The molecule has 5 nitrogen and oxygen atoms in total. The number of ether oxygens (including phenoxy) is 1. The van der Waals surface area contributed by atoms with Gasteiger partial charge in [0.2, 0.25) is 0 Å². The summed E-state index contributed by atoms with van der Waals surface area (Å²) in [6, 6.07) is 15.8. The van der Waals surface area contributed by atoms with Crippen LogP contribution in [0.2, 0.25) is 0 Å². The fraction of sp³-hybridized carbons (Fsp3) is 0.280. The summed E-state index contributed by atoms with van der Waals surface area (Å²) in [6.07, 6.45) is 0.602. The molecule has 3 aromatic rings. The van der Waals surface area contributed by atoms with Crippen LogP contribution in [-0.2, 0) is 16.0 Å². The first kappa shape index (κ1) is 22.9. The van der Waals surface area contributed by atoms with Crippen LogP contribution in [0.4, 0.5) is 0 Å². The van der Waals surface area contributed by atoms with E-state index in [-0.39, 0.29) is 13.2 Å². The fourth-order valence-electron chi connectivity index (χ4n) is 3.50. The Morgan fingerprint density at radius 3 is 2.23 bits per heavy atom. The third-order valence-electron chi connectivity index (χ3n) is 4.92. The first-order valence-electron chi connectivity index (χ1n) is 9.48. The second-order valence-corrected chi connectivity index (χ2v) is 7.16. The van der Waals surface area contributed by atoms with Gasteiger partial charge in [-0.3, -0.25) is 4.79 Å². The van der Waals surface area contributed by atoms with Gasteiger partial charge in [0.05, 0.1) is 7.11 Å². The number of carbonyl (C=O) groups is 2. The minimum Gasteiger partial charge on any atom is -0.467 e. The van der Waals surface area contributed by atoms with Crippen molar-refractivity contribution in [3.05, 3.63) is 93.9 Å². The Balaban J connectivity index is 0.00000320. The van der Waals surface area contributed by atoms with Crippen molar-refractivity contribution in [3.63, 3.8) is 0 Å². The summed E-state index contributed by atoms with van der Waals surface area (Å²) in [5.74, 6) is -0.151. The number of carbonyl (C=O) groups excluding carboxylic acids is 2. The number of hydrogen-bond acceptors (Lipinski definition) is 4. The SMILES string of the molecule is C.COC(=O)C(NC(=O)c1ccc(Cc2c(C)cc(C)cc2C)o1)c1ccccc1. The second-order valence-electron chi connectivity index (χ2n) is 7.16. The predicted molar refractivity (Wildman–Crippen MR) is 118 cm³/mol. The molecule has 0 aliphatic carbocycles. The van der Waals surface area contributed by atoms with Crippen molar-refractivity contribution in [2.75, 3.05) is 7.11 Å². The molecule has 1 heterocycles. The Hall–Kier alpha value is -3.34. The van der Waals surface area contributed by atoms with Crippen LogP contribution in [0, 0.1) is 20.8 Å². The zero-order valence-electron chi connectivity index (χ0n) is 17.1. The largest absolute Gasteiger partial charge is 0.467 e. The summed E-state index contributed by atoms with van der Waals surface area (Å²) >= 11 is 0. The Labute approximate surface area is 178 Å².